The second-order valence-electron chi connectivity index (χ2n) is 10.9. The molecule has 0 fully saturated rings. The number of hydrogen-bond acceptors (Lipinski definition) is 13. The van der Waals surface area contributed by atoms with Crippen LogP contribution >= 0.6 is 22.7 Å². The van der Waals surface area contributed by atoms with Gasteiger partial charge in [-0.25, -0.2) is 32.8 Å². The molecule has 276 valence electrons. The molecular formula is C36H30F2N2O11S2. The molecule has 53 heavy (non-hydrogen) atoms. The normalized spacial score (nSPS) is 10.4. The molecule has 0 aliphatic heterocycles. The number of esters is 2. The number of amides is 1. The smallest absolute Gasteiger partial charge is 0.351 e. The van der Waals surface area contributed by atoms with E-state index in [4.69, 9.17) is 13.9 Å². The molecule has 0 bridgehead atoms. The zero-order chi connectivity index (χ0) is 39.1. The minimum absolute atomic E-state index is 0.0838. The number of nitrogens with zero attached hydrogens (tertiary/aromatic N) is 1. The van der Waals surface area contributed by atoms with Gasteiger partial charge in [-0.1, -0.05) is 0 Å². The first kappa shape index (κ1) is 39.6. The topological polar surface area (TPSA) is 183 Å². The highest BCUT2D eigenvalue weighted by atomic mass is 32.1. The Morgan fingerprint density at radius 3 is 1.68 bits per heavy atom. The van der Waals surface area contributed by atoms with Crippen LogP contribution in [0.3, 0.4) is 0 Å². The zero-order valence-electron chi connectivity index (χ0n) is 28.8. The predicted molar refractivity (Wildman–Crippen MR) is 195 cm³/mol. The molecule has 2 N–H and O–H groups in total. The van der Waals surface area contributed by atoms with Gasteiger partial charge in [0.1, 0.15) is 27.8 Å². The van der Waals surface area contributed by atoms with E-state index in [0.29, 0.717) is 32.0 Å². The molecule has 0 spiro atoms. The molecule has 13 nitrogen and oxygen atoms in total. The Labute approximate surface area is 306 Å². The fourth-order valence-electron chi connectivity index (χ4n) is 4.46. The van der Waals surface area contributed by atoms with Crippen LogP contribution in [0.15, 0.2) is 79.1 Å². The highest BCUT2D eigenvalue weighted by molar-refractivity contribution is 7.23. The summed E-state index contributed by atoms with van der Waals surface area (Å²) < 4.78 is 46.4. The molecule has 6 aromatic rings. The molecule has 4 aromatic heterocycles. The molecule has 17 heteroatoms. The largest absolute Gasteiger partial charge is 0.478 e. The van der Waals surface area contributed by atoms with Gasteiger partial charge < -0.3 is 33.6 Å². The van der Waals surface area contributed by atoms with Gasteiger partial charge in [0, 0.05) is 31.8 Å². The summed E-state index contributed by atoms with van der Waals surface area (Å²) in [4.78, 5) is 70.5. The number of aromatic carboxylic acids is 1. The summed E-state index contributed by atoms with van der Waals surface area (Å²) in [6.07, 6.45) is 0. The molecule has 0 aliphatic carbocycles. The van der Waals surface area contributed by atoms with Crippen LogP contribution in [0.1, 0.15) is 52.6 Å². The van der Waals surface area contributed by atoms with Crippen molar-refractivity contribution in [2.45, 2.75) is 13.8 Å². The molecule has 0 saturated heterocycles. The van der Waals surface area contributed by atoms with Crippen LogP contribution < -0.4 is 21.5 Å². The van der Waals surface area contributed by atoms with Crippen molar-refractivity contribution >= 4 is 77.1 Å². The van der Waals surface area contributed by atoms with Gasteiger partial charge in [0.25, 0.3) is 5.91 Å². The van der Waals surface area contributed by atoms with Gasteiger partial charge in [-0.05, 0) is 73.5 Å². The van der Waals surface area contributed by atoms with Gasteiger partial charge in [-0.15, -0.1) is 22.7 Å². The van der Waals surface area contributed by atoms with Crippen molar-refractivity contribution in [1.82, 2.24) is 0 Å². The minimum Gasteiger partial charge on any atom is -0.478 e. The summed E-state index contributed by atoms with van der Waals surface area (Å²) >= 11 is 2.57. The van der Waals surface area contributed by atoms with Crippen LogP contribution in [-0.4, -0.2) is 57.2 Å². The van der Waals surface area contributed by atoms with Gasteiger partial charge in [-0.2, -0.15) is 0 Å². The van der Waals surface area contributed by atoms with E-state index < -0.39 is 29.2 Å². The standard InChI is InChI=1S/C18H14FNO5S.C10H9NO4S.C8H7FO2/c1-9-6-10(4-5-12(9)19)16(21)20(2)15-8-13-14(26-15)7-11(17(22)24-3)18(23)25-13;1-11-8-4-6-7(16-8)3-5(9(12)14-2)10(13)15-6;1-5-4-6(8(10)11)2-3-7(5)9/h4-8H,1-3H3;3-4,11H,1-2H3;2-4H,1H3,(H,10,11). The number of benzene rings is 2. The van der Waals surface area contributed by atoms with Crippen molar-refractivity contribution in [2.24, 2.45) is 0 Å². The van der Waals surface area contributed by atoms with Gasteiger partial charge in [0.05, 0.1) is 34.2 Å². The molecule has 2 aromatic carbocycles. The van der Waals surface area contributed by atoms with Crippen molar-refractivity contribution in [2.75, 3.05) is 38.5 Å². The van der Waals surface area contributed by atoms with E-state index in [0.717, 1.165) is 15.8 Å². The van der Waals surface area contributed by atoms with Crippen LogP contribution in [0, 0.1) is 25.5 Å². The number of aryl methyl sites for hydroxylation is 2. The molecule has 0 aliphatic rings. The number of anilines is 2. The lowest BCUT2D eigenvalue weighted by atomic mass is 10.1. The first-order valence-corrected chi connectivity index (χ1v) is 16.7. The number of rotatable bonds is 6. The molecule has 0 saturated carbocycles. The van der Waals surface area contributed by atoms with E-state index in [1.165, 1.54) is 97.2 Å². The third kappa shape index (κ3) is 9.19. The number of halogens is 2. The monoisotopic (exact) mass is 768 g/mol. The van der Waals surface area contributed by atoms with Crippen molar-refractivity contribution in [3.8, 4) is 0 Å². The minimum atomic E-state index is -1.03. The van der Waals surface area contributed by atoms with Crippen molar-refractivity contribution in [3.05, 3.63) is 127 Å². The number of carbonyl (C=O) groups excluding carboxylic acids is 3. The third-order valence-corrected chi connectivity index (χ3v) is 9.56. The average Bonchev–Trinajstić information content (AvgIpc) is 3.75. The maximum absolute atomic E-state index is 13.4. The van der Waals surface area contributed by atoms with Gasteiger partial charge in [0.2, 0.25) is 0 Å². The molecular weight excluding hydrogens is 739 g/mol. The van der Waals surface area contributed by atoms with E-state index in [1.54, 1.807) is 27.1 Å². The lowest BCUT2D eigenvalue weighted by molar-refractivity contribution is 0.0587. The lowest BCUT2D eigenvalue weighted by Gasteiger charge is -2.15. The van der Waals surface area contributed by atoms with E-state index in [2.05, 4.69) is 14.8 Å². The number of thiophene rings is 2. The van der Waals surface area contributed by atoms with Crippen LogP contribution in [0.25, 0.3) is 20.6 Å². The number of carbonyl (C=O) groups is 4. The van der Waals surface area contributed by atoms with Gasteiger partial charge in [0.15, 0.2) is 11.2 Å². The van der Waals surface area contributed by atoms with Crippen molar-refractivity contribution in [1.29, 1.82) is 0 Å². The van der Waals surface area contributed by atoms with Gasteiger partial charge in [-0.3, -0.25) is 4.79 Å². The summed E-state index contributed by atoms with van der Waals surface area (Å²) in [5.41, 5.74) is 0.112. The maximum atomic E-state index is 13.4. The highest BCUT2D eigenvalue weighted by Gasteiger charge is 2.20. The predicted octanol–water partition coefficient (Wildman–Crippen LogP) is 6.88. The Balaban J connectivity index is 0.000000197. The average molecular weight is 769 g/mol. The molecule has 0 radical (unpaired) electrons. The first-order chi connectivity index (χ1) is 25.1. The number of nitrogens with one attached hydrogen (secondary N) is 1. The number of fused-ring (bicyclic) bond motifs is 2. The van der Waals surface area contributed by atoms with Crippen LogP contribution in [-0.2, 0) is 9.47 Å². The van der Waals surface area contributed by atoms with Crippen LogP contribution in [0.2, 0.25) is 0 Å². The zero-order valence-corrected chi connectivity index (χ0v) is 30.5. The number of carboxylic acids is 1. The van der Waals surface area contributed by atoms with Crippen molar-refractivity contribution in [3.63, 3.8) is 0 Å². The van der Waals surface area contributed by atoms with Crippen molar-refractivity contribution < 1.29 is 51.4 Å². The highest BCUT2D eigenvalue weighted by Crippen LogP contribution is 2.33. The summed E-state index contributed by atoms with van der Waals surface area (Å²) in [5.74, 6) is -3.61. The van der Waals surface area contributed by atoms with E-state index >= 15 is 0 Å². The second kappa shape index (κ2) is 16.9. The molecule has 1 amide bonds. The Morgan fingerprint density at radius 1 is 0.736 bits per heavy atom. The fourth-order valence-corrected chi connectivity index (χ4v) is 6.33. The summed E-state index contributed by atoms with van der Waals surface area (Å²) in [5, 5.41) is 12.8. The Hall–Kier alpha value is -6.20. The summed E-state index contributed by atoms with van der Waals surface area (Å²) in [7, 11) is 5.72. The third-order valence-electron chi connectivity index (χ3n) is 7.33. The quantitative estimate of drug-likeness (QED) is 0.168. The van der Waals surface area contributed by atoms with E-state index in [9.17, 15) is 37.5 Å². The van der Waals surface area contributed by atoms with Gasteiger partial charge >= 0.3 is 29.2 Å². The SMILES string of the molecule is CNc1cc2oc(=O)c(C(=O)OC)cc2s1.COC(=O)c1cc2sc(N(C)C(=O)c3ccc(F)c(C)c3)cc2oc1=O.Cc1cc(C(=O)O)ccc1F. The number of methoxy groups -OCH3 is 2. The maximum Gasteiger partial charge on any atom is 0.351 e. The fraction of sp³-hybridized carbons (Fsp3) is 0.167. The number of carboxylic acid groups (broad SMARTS) is 1. The molecule has 0 atom stereocenters. The Kier molecular flexibility index (Phi) is 12.6. The summed E-state index contributed by atoms with van der Waals surface area (Å²) in [6, 6.07) is 13.9. The van der Waals surface area contributed by atoms with E-state index in [-0.39, 0.29) is 39.8 Å². The lowest BCUT2D eigenvalue weighted by Crippen LogP contribution is -2.25. The molecule has 4 heterocycles. The van der Waals surface area contributed by atoms with Crippen LogP contribution in [0.4, 0.5) is 18.8 Å². The Bertz CT molecular complexity index is 2480. The Morgan fingerprint density at radius 2 is 1.21 bits per heavy atom. The number of ether oxygens (including phenoxy) is 2. The molecule has 0 unspecified atom stereocenters. The van der Waals surface area contributed by atoms with E-state index in [1.807, 2.05) is 0 Å². The summed E-state index contributed by atoms with van der Waals surface area (Å²) in [6.45, 7) is 3.11. The first-order valence-electron chi connectivity index (χ1n) is 15.1. The van der Waals surface area contributed by atoms with Crippen LogP contribution in [0.5, 0.6) is 0 Å². The number of hydrogen-bond donors (Lipinski definition) is 2. The molecule has 6 rings (SSSR count). The second-order valence-corrected chi connectivity index (χ2v) is 13.0.